The van der Waals surface area contributed by atoms with E-state index in [1.807, 2.05) is 11.8 Å². The molecule has 0 saturated carbocycles. The monoisotopic (exact) mass is 375 g/mol. The van der Waals surface area contributed by atoms with Crippen LogP contribution in [0.1, 0.15) is 30.1 Å². The summed E-state index contributed by atoms with van der Waals surface area (Å²) in [6.07, 6.45) is 1.64. The highest BCUT2D eigenvalue weighted by Crippen LogP contribution is 2.29. The molecule has 1 atom stereocenters. The summed E-state index contributed by atoms with van der Waals surface area (Å²) in [5, 5.41) is 2.90. The third kappa shape index (κ3) is 4.45. The van der Waals surface area contributed by atoms with Gasteiger partial charge in [-0.2, -0.15) is 0 Å². The molecule has 1 aromatic heterocycles. The molecule has 1 aromatic carbocycles. The smallest absolute Gasteiger partial charge is 0.408 e. The number of H-pyrrole nitrogens is 1. The number of hydrogen-bond acceptors (Lipinski definition) is 6. The number of piperidine rings is 1. The molecule has 1 aliphatic heterocycles. The highest BCUT2D eigenvalue weighted by molar-refractivity contribution is 6.00. The predicted molar refractivity (Wildman–Crippen MR) is 99.8 cm³/mol. The molecule has 2 aromatic rings. The number of likely N-dealkylation sites (tertiary alicyclic amines) is 1. The summed E-state index contributed by atoms with van der Waals surface area (Å²) < 4.78 is 9.99. The Morgan fingerprint density at radius 3 is 3.00 bits per heavy atom. The van der Waals surface area contributed by atoms with Gasteiger partial charge in [0, 0.05) is 25.8 Å². The first-order valence-electron chi connectivity index (χ1n) is 9.07. The Kier molecular flexibility index (Phi) is 5.76. The summed E-state index contributed by atoms with van der Waals surface area (Å²) in [6, 6.07) is 4.92. The second kappa shape index (κ2) is 8.06. The number of nitrogens with one attached hydrogen (secondary N) is 2. The fourth-order valence-corrected chi connectivity index (χ4v) is 3.56. The third-order valence-electron chi connectivity index (χ3n) is 5.03. The molecular weight excluding hydrogens is 350 g/mol. The van der Waals surface area contributed by atoms with E-state index in [2.05, 4.69) is 10.3 Å². The second-order valence-electron chi connectivity index (χ2n) is 7.27. The molecule has 146 valence electrons. The number of amides is 1. The van der Waals surface area contributed by atoms with Gasteiger partial charge in [-0.15, -0.1) is 0 Å². The minimum Gasteiger partial charge on any atom is -0.408 e. The van der Waals surface area contributed by atoms with Gasteiger partial charge in [0.1, 0.15) is 0 Å². The normalized spacial score (nSPS) is 20.7. The van der Waals surface area contributed by atoms with Crippen molar-refractivity contribution in [3.63, 3.8) is 0 Å². The van der Waals surface area contributed by atoms with Crippen molar-refractivity contribution in [3.05, 3.63) is 34.3 Å². The average Bonchev–Trinajstić information content (AvgIpc) is 3.01. The Hall–Kier alpha value is -2.45. The number of aromatic nitrogens is 1. The van der Waals surface area contributed by atoms with Gasteiger partial charge in [-0.05, 0) is 44.5 Å². The van der Waals surface area contributed by atoms with E-state index in [1.54, 1.807) is 25.3 Å². The molecule has 8 nitrogen and oxygen atoms in total. The van der Waals surface area contributed by atoms with Crippen LogP contribution < -0.4 is 11.1 Å². The lowest BCUT2D eigenvalue weighted by molar-refractivity contribution is -0.133. The maximum atomic E-state index is 12.7. The number of hydrogen-bond donors (Lipinski definition) is 2. The van der Waals surface area contributed by atoms with Crippen LogP contribution in [-0.4, -0.2) is 61.5 Å². The molecule has 8 heteroatoms. The zero-order valence-corrected chi connectivity index (χ0v) is 15.7. The molecule has 1 fully saturated rings. The van der Waals surface area contributed by atoms with Crippen LogP contribution in [0.2, 0.25) is 0 Å². The molecule has 0 bridgehead atoms. The summed E-state index contributed by atoms with van der Waals surface area (Å²) in [6.45, 7) is 4.41. The van der Waals surface area contributed by atoms with Crippen molar-refractivity contribution in [2.24, 2.45) is 5.41 Å². The van der Waals surface area contributed by atoms with Crippen molar-refractivity contribution in [1.82, 2.24) is 15.2 Å². The summed E-state index contributed by atoms with van der Waals surface area (Å²) in [4.78, 5) is 41.0. The number of carbonyl (C=O) groups excluding carboxylic acids is 2. The van der Waals surface area contributed by atoms with Crippen LogP contribution in [0, 0.1) is 5.41 Å². The molecule has 0 spiro atoms. The molecule has 1 aliphatic rings. The Balaban J connectivity index is 1.64. The summed E-state index contributed by atoms with van der Waals surface area (Å²) in [5.74, 6) is -0.613. The van der Waals surface area contributed by atoms with Crippen molar-refractivity contribution in [1.29, 1.82) is 0 Å². The van der Waals surface area contributed by atoms with E-state index in [0.717, 1.165) is 19.4 Å². The quantitative estimate of drug-likeness (QED) is 0.556. The van der Waals surface area contributed by atoms with E-state index < -0.39 is 11.2 Å². The van der Waals surface area contributed by atoms with Gasteiger partial charge < -0.3 is 14.5 Å². The van der Waals surface area contributed by atoms with Crippen molar-refractivity contribution < 1.29 is 18.7 Å². The van der Waals surface area contributed by atoms with Gasteiger partial charge in [0.15, 0.2) is 11.4 Å². The predicted octanol–water partition coefficient (Wildman–Crippen LogP) is 1.17. The largest absolute Gasteiger partial charge is 0.417 e. The summed E-state index contributed by atoms with van der Waals surface area (Å²) >= 11 is 0. The number of ether oxygens (including phenoxy) is 1. The van der Waals surface area contributed by atoms with Gasteiger partial charge >= 0.3 is 5.76 Å². The number of oxazole rings is 1. The third-order valence-corrected chi connectivity index (χ3v) is 5.03. The summed E-state index contributed by atoms with van der Waals surface area (Å²) in [5.41, 5.74) is 0.896. The van der Waals surface area contributed by atoms with Gasteiger partial charge in [0.2, 0.25) is 5.91 Å². The van der Waals surface area contributed by atoms with Crippen molar-refractivity contribution in [2.45, 2.75) is 19.8 Å². The number of benzene rings is 1. The van der Waals surface area contributed by atoms with Crippen LogP contribution in [-0.2, 0) is 9.53 Å². The number of ketones is 1. The summed E-state index contributed by atoms with van der Waals surface area (Å²) in [7, 11) is 1.60. The number of methoxy groups -OCH3 is 1. The number of Topliss-reactive ketones (excluding diaryl/α,β-unsaturated/α-hetero) is 1. The lowest BCUT2D eigenvalue weighted by Gasteiger charge is -2.39. The van der Waals surface area contributed by atoms with E-state index in [4.69, 9.17) is 9.15 Å². The van der Waals surface area contributed by atoms with E-state index in [-0.39, 0.29) is 18.2 Å². The molecule has 2 N–H and O–H groups in total. The maximum Gasteiger partial charge on any atom is 0.417 e. The zero-order chi connectivity index (χ0) is 19.4. The molecular formula is C19H25N3O5. The number of fused-ring (bicyclic) bond motifs is 1. The van der Waals surface area contributed by atoms with Crippen LogP contribution >= 0.6 is 0 Å². The van der Waals surface area contributed by atoms with Crippen LogP contribution in [0.5, 0.6) is 0 Å². The maximum absolute atomic E-state index is 12.7. The second-order valence-corrected chi connectivity index (χ2v) is 7.27. The van der Waals surface area contributed by atoms with Gasteiger partial charge in [0.05, 0.1) is 24.1 Å². The highest BCUT2D eigenvalue weighted by atomic mass is 16.5. The minimum absolute atomic E-state index is 0.00721. The lowest BCUT2D eigenvalue weighted by Crippen LogP contribution is -2.51. The lowest BCUT2D eigenvalue weighted by atomic mass is 9.81. The van der Waals surface area contributed by atoms with Gasteiger partial charge in [-0.1, -0.05) is 0 Å². The number of nitrogens with zero attached hydrogens (tertiary/aromatic N) is 1. The fourth-order valence-electron chi connectivity index (χ4n) is 3.56. The van der Waals surface area contributed by atoms with Crippen molar-refractivity contribution >= 4 is 22.8 Å². The number of carbonyl (C=O) groups is 2. The molecule has 1 amide bonds. The first kappa shape index (κ1) is 19.3. The van der Waals surface area contributed by atoms with Crippen molar-refractivity contribution in [3.8, 4) is 0 Å². The van der Waals surface area contributed by atoms with Crippen molar-refractivity contribution in [2.75, 3.05) is 39.9 Å². The first-order valence-corrected chi connectivity index (χ1v) is 9.07. The van der Waals surface area contributed by atoms with E-state index in [1.165, 1.54) is 0 Å². The molecule has 0 radical (unpaired) electrons. The Morgan fingerprint density at radius 1 is 1.41 bits per heavy atom. The molecule has 1 saturated heterocycles. The van der Waals surface area contributed by atoms with Crippen LogP contribution in [0.3, 0.4) is 0 Å². The van der Waals surface area contributed by atoms with Crippen LogP contribution in [0.15, 0.2) is 27.4 Å². The zero-order valence-electron chi connectivity index (χ0n) is 15.7. The topological polar surface area (TPSA) is 105 Å². The van der Waals surface area contributed by atoms with Crippen LogP contribution in [0.4, 0.5) is 0 Å². The molecule has 0 aliphatic carbocycles. The van der Waals surface area contributed by atoms with Gasteiger partial charge in [-0.25, -0.2) is 4.79 Å². The molecule has 1 unspecified atom stereocenters. The minimum atomic E-state index is -0.541. The standard InChI is InChI=1S/C19H25N3O5/c1-19(17(24)20-7-9-26-2)6-3-8-22(12-19)11-15(23)13-4-5-14-16(10-13)27-18(25)21-14/h4-5,10H,3,6-9,11-12H2,1-2H3,(H,20,24)(H,21,25). The van der Waals surface area contributed by atoms with Gasteiger partial charge in [0.25, 0.3) is 0 Å². The van der Waals surface area contributed by atoms with E-state index >= 15 is 0 Å². The number of rotatable bonds is 7. The Labute approximate surface area is 156 Å². The van der Waals surface area contributed by atoms with Gasteiger partial charge in [-0.3, -0.25) is 19.5 Å². The molecule has 3 rings (SSSR count). The Bertz CT molecular complexity index is 887. The SMILES string of the molecule is COCCNC(=O)C1(C)CCCN(CC(=O)c2ccc3[nH]c(=O)oc3c2)C1. The fraction of sp³-hybridized carbons (Fsp3) is 0.526. The average molecular weight is 375 g/mol. The van der Waals surface area contributed by atoms with E-state index in [9.17, 15) is 14.4 Å². The number of aromatic amines is 1. The molecule has 27 heavy (non-hydrogen) atoms. The van der Waals surface area contributed by atoms with Crippen LogP contribution in [0.25, 0.3) is 11.1 Å². The molecule has 2 heterocycles. The first-order chi connectivity index (χ1) is 12.9. The van der Waals surface area contributed by atoms with E-state index in [0.29, 0.717) is 36.4 Å². The Morgan fingerprint density at radius 2 is 2.22 bits per heavy atom. The highest BCUT2D eigenvalue weighted by Gasteiger charge is 2.38.